The molecule has 3 rings (SSSR count). The molecule has 0 aliphatic carbocycles. The van der Waals surface area contributed by atoms with E-state index in [1.165, 1.54) is 14.2 Å². The molecule has 0 saturated heterocycles. The van der Waals surface area contributed by atoms with E-state index in [2.05, 4.69) is 0 Å². The molecule has 112 valence electrons. The van der Waals surface area contributed by atoms with E-state index >= 15 is 0 Å². The van der Waals surface area contributed by atoms with Crippen LogP contribution >= 0.6 is 0 Å². The summed E-state index contributed by atoms with van der Waals surface area (Å²) in [6.07, 6.45) is 0. The first-order valence-electron chi connectivity index (χ1n) is 6.86. The Hall–Kier alpha value is -2.75. The van der Waals surface area contributed by atoms with Crippen molar-refractivity contribution in [2.75, 3.05) is 21.3 Å². The number of rotatable bonds is 3. The van der Waals surface area contributed by atoms with Crippen LogP contribution in [-0.2, 0) is 4.74 Å². The van der Waals surface area contributed by atoms with Crippen molar-refractivity contribution in [2.45, 2.75) is 0 Å². The third-order valence-electron chi connectivity index (χ3n) is 3.77. The Kier molecular flexibility index (Phi) is 3.59. The fourth-order valence-electron chi connectivity index (χ4n) is 2.77. The molecule has 3 aromatic rings. The zero-order valence-electron chi connectivity index (χ0n) is 12.7. The van der Waals surface area contributed by atoms with Gasteiger partial charge in [-0.15, -0.1) is 0 Å². The fourth-order valence-corrected chi connectivity index (χ4v) is 2.77. The molecule has 0 aliphatic rings. The molecule has 0 aromatic heterocycles. The molecule has 0 spiro atoms. The van der Waals surface area contributed by atoms with Crippen molar-refractivity contribution in [1.29, 1.82) is 0 Å². The number of hydrogen-bond donors (Lipinski definition) is 0. The average molecular weight is 296 g/mol. The van der Waals surface area contributed by atoms with E-state index in [1.54, 1.807) is 13.2 Å². The lowest BCUT2D eigenvalue weighted by Gasteiger charge is -2.15. The molecule has 0 radical (unpaired) electrons. The van der Waals surface area contributed by atoms with E-state index in [-0.39, 0.29) is 0 Å². The predicted molar refractivity (Wildman–Crippen MR) is 85.9 cm³/mol. The monoisotopic (exact) mass is 296 g/mol. The van der Waals surface area contributed by atoms with Crippen LogP contribution in [0, 0.1) is 0 Å². The van der Waals surface area contributed by atoms with Gasteiger partial charge in [0.25, 0.3) is 0 Å². The van der Waals surface area contributed by atoms with Gasteiger partial charge in [-0.05, 0) is 28.3 Å². The fraction of sp³-hybridized carbons (Fsp3) is 0.167. The molecule has 0 aliphatic heterocycles. The number of carbonyl (C=O) groups excluding carboxylic acids is 1. The summed E-state index contributed by atoms with van der Waals surface area (Å²) >= 11 is 0. The van der Waals surface area contributed by atoms with Gasteiger partial charge < -0.3 is 14.2 Å². The SMILES string of the molecule is COC(=O)c1cc2c(ccc3ccccc32)c(OC)c1OC. The van der Waals surface area contributed by atoms with Crippen LogP contribution in [0.25, 0.3) is 21.5 Å². The number of esters is 1. The molecule has 0 atom stereocenters. The van der Waals surface area contributed by atoms with Crippen LogP contribution in [0.3, 0.4) is 0 Å². The standard InChI is InChI=1S/C18H16O4/c1-20-16-13-9-8-11-6-4-5-7-12(11)14(13)10-15(17(16)21-2)18(19)22-3/h4-10H,1-3H3. The number of benzene rings is 3. The van der Waals surface area contributed by atoms with Crippen LogP contribution in [0.15, 0.2) is 42.5 Å². The van der Waals surface area contributed by atoms with E-state index < -0.39 is 5.97 Å². The van der Waals surface area contributed by atoms with Crippen LogP contribution in [0.4, 0.5) is 0 Å². The zero-order valence-corrected chi connectivity index (χ0v) is 12.7. The van der Waals surface area contributed by atoms with Gasteiger partial charge in [0.15, 0.2) is 11.5 Å². The Labute approximate surface area is 128 Å². The minimum absolute atomic E-state index is 0.353. The van der Waals surface area contributed by atoms with Crippen LogP contribution in [0.1, 0.15) is 10.4 Å². The van der Waals surface area contributed by atoms with Gasteiger partial charge in [0.05, 0.1) is 21.3 Å². The number of hydrogen-bond acceptors (Lipinski definition) is 4. The predicted octanol–water partition coefficient (Wildman–Crippen LogP) is 3.80. The number of methoxy groups -OCH3 is 3. The van der Waals surface area contributed by atoms with Crippen LogP contribution in [0.5, 0.6) is 11.5 Å². The van der Waals surface area contributed by atoms with Crippen molar-refractivity contribution >= 4 is 27.5 Å². The maximum absolute atomic E-state index is 12.1. The lowest BCUT2D eigenvalue weighted by molar-refractivity contribution is 0.0596. The second-order valence-electron chi connectivity index (χ2n) is 4.86. The van der Waals surface area contributed by atoms with E-state index in [9.17, 15) is 4.79 Å². The minimum Gasteiger partial charge on any atom is -0.492 e. The van der Waals surface area contributed by atoms with Gasteiger partial charge >= 0.3 is 5.97 Å². The summed E-state index contributed by atoms with van der Waals surface area (Å²) in [4.78, 5) is 12.1. The van der Waals surface area contributed by atoms with Crippen molar-refractivity contribution in [3.63, 3.8) is 0 Å². The largest absolute Gasteiger partial charge is 0.492 e. The second-order valence-corrected chi connectivity index (χ2v) is 4.86. The Morgan fingerprint density at radius 2 is 1.55 bits per heavy atom. The normalized spacial score (nSPS) is 10.7. The number of ether oxygens (including phenoxy) is 3. The molecule has 0 N–H and O–H groups in total. The molecular weight excluding hydrogens is 280 g/mol. The first-order chi connectivity index (χ1) is 10.7. The van der Waals surface area contributed by atoms with Gasteiger partial charge in [0, 0.05) is 5.39 Å². The molecule has 4 nitrogen and oxygen atoms in total. The third kappa shape index (κ3) is 2.04. The summed E-state index contributed by atoms with van der Waals surface area (Å²) in [5.74, 6) is 0.466. The van der Waals surface area contributed by atoms with E-state index in [0.29, 0.717) is 17.1 Å². The van der Waals surface area contributed by atoms with Crippen LogP contribution in [-0.4, -0.2) is 27.3 Å². The maximum Gasteiger partial charge on any atom is 0.341 e. The first kappa shape index (κ1) is 14.2. The Morgan fingerprint density at radius 1 is 0.818 bits per heavy atom. The van der Waals surface area contributed by atoms with Crippen molar-refractivity contribution in [3.8, 4) is 11.5 Å². The summed E-state index contributed by atoms with van der Waals surface area (Å²) in [5.41, 5.74) is 0.353. The summed E-state index contributed by atoms with van der Waals surface area (Å²) in [6.45, 7) is 0. The maximum atomic E-state index is 12.1. The van der Waals surface area contributed by atoms with Gasteiger partial charge in [-0.25, -0.2) is 4.79 Å². The quantitative estimate of drug-likeness (QED) is 0.545. The molecule has 0 amide bonds. The first-order valence-corrected chi connectivity index (χ1v) is 6.86. The molecule has 0 heterocycles. The smallest absolute Gasteiger partial charge is 0.341 e. The Bertz CT molecular complexity index is 868. The summed E-state index contributed by atoms with van der Waals surface area (Å²) in [7, 11) is 4.42. The number of carbonyl (C=O) groups is 1. The highest BCUT2D eigenvalue weighted by Gasteiger charge is 2.21. The van der Waals surface area contributed by atoms with Crippen molar-refractivity contribution < 1.29 is 19.0 Å². The third-order valence-corrected chi connectivity index (χ3v) is 3.77. The van der Waals surface area contributed by atoms with Crippen LogP contribution in [0.2, 0.25) is 0 Å². The topological polar surface area (TPSA) is 44.8 Å². The van der Waals surface area contributed by atoms with Crippen LogP contribution < -0.4 is 9.47 Å². The highest BCUT2D eigenvalue weighted by atomic mass is 16.5. The molecular formula is C18H16O4. The van der Waals surface area contributed by atoms with Gasteiger partial charge in [-0.1, -0.05) is 30.3 Å². The van der Waals surface area contributed by atoms with Gasteiger partial charge in [0.1, 0.15) is 5.56 Å². The van der Waals surface area contributed by atoms with E-state index in [0.717, 1.165) is 21.5 Å². The highest BCUT2D eigenvalue weighted by Crippen LogP contribution is 2.41. The van der Waals surface area contributed by atoms with Crippen molar-refractivity contribution in [2.24, 2.45) is 0 Å². The molecule has 0 unspecified atom stereocenters. The number of fused-ring (bicyclic) bond motifs is 3. The molecule has 0 saturated carbocycles. The molecule has 4 heteroatoms. The molecule has 22 heavy (non-hydrogen) atoms. The Morgan fingerprint density at radius 3 is 2.23 bits per heavy atom. The molecule has 0 bridgehead atoms. The Balaban J connectivity index is 2.49. The van der Waals surface area contributed by atoms with Gasteiger partial charge in [0.2, 0.25) is 0 Å². The molecule has 3 aromatic carbocycles. The zero-order chi connectivity index (χ0) is 15.7. The van der Waals surface area contributed by atoms with E-state index in [4.69, 9.17) is 14.2 Å². The van der Waals surface area contributed by atoms with Crippen molar-refractivity contribution in [3.05, 3.63) is 48.0 Å². The van der Waals surface area contributed by atoms with Gasteiger partial charge in [-0.3, -0.25) is 0 Å². The lowest BCUT2D eigenvalue weighted by Crippen LogP contribution is -2.06. The van der Waals surface area contributed by atoms with Gasteiger partial charge in [-0.2, -0.15) is 0 Å². The molecule has 0 fully saturated rings. The summed E-state index contributed by atoms with van der Waals surface area (Å²) < 4.78 is 15.8. The van der Waals surface area contributed by atoms with Crippen molar-refractivity contribution in [1.82, 2.24) is 0 Å². The summed E-state index contributed by atoms with van der Waals surface area (Å²) in [6, 6.07) is 13.8. The highest BCUT2D eigenvalue weighted by molar-refractivity contribution is 6.13. The second kappa shape index (κ2) is 5.56. The average Bonchev–Trinajstić information content (AvgIpc) is 2.58. The van der Waals surface area contributed by atoms with E-state index in [1.807, 2.05) is 36.4 Å². The lowest BCUT2D eigenvalue weighted by atomic mass is 9.98. The summed E-state index contributed by atoms with van der Waals surface area (Å²) in [5, 5.41) is 3.96. The minimum atomic E-state index is -0.454.